The van der Waals surface area contributed by atoms with Crippen molar-refractivity contribution in [2.75, 3.05) is 9.80 Å². The van der Waals surface area contributed by atoms with E-state index in [1.165, 1.54) is 0 Å². The highest BCUT2D eigenvalue weighted by molar-refractivity contribution is 6.11. The second-order valence-electron chi connectivity index (χ2n) is 19.7. The van der Waals surface area contributed by atoms with Crippen molar-refractivity contribution in [1.82, 2.24) is 34.1 Å². The zero-order valence-corrected chi connectivity index (χ0v) is 42.7. The van der Waals surface area contributed by atoms with Gasteiger partial charge < -0.3 is 18.9 Å². The van der Waals surface area contributed by atoms with Crippen molar-refractivity contribution in [3.63, 3.8) is 0 Å². The summed E-state index contributed by atoms with van der Waals surface area (Å²) >= 11 is 0. The Labute approximate surface area is 455 Å². The van der Waals surface area contributed by atoms with Gasteiger partial charge in [-0.15, -0.1) is 5.10 Å². The molecule has 0 bridgehead atoms. The van der Waals surface area contributed by atoms with Gasteiger partial charge in [-0.05, 0) is 174 Å². The van der Waals surface area contributed by atoms with Crippen LogP contribution in [0.3, 0.4) is 0 Å². The van der Waals surface area contributed by atoms with Gasteiger partial charge in [0.15, 0.2) is 0 Å². The van der Waals surface area contributed by atoms with E-state index in [2.05, 4.69) is 277 Å². The minimum absolute atomic E-state index is 0.839. The van der Waals surface area contributed by atoms with Crippen molar-refractivity contribution in [2.24, 2.45) is 0 Å². The number of aromatic nitrogens is 7. The molecule has 0 amide bonds. The molecule has 372 valence electrons. The van der Waals surface area contributed by atoms with Gasteiger partial charge in [-0.3, -0.25) is 9.97 Å². The molecule has 0 aliphatic heterocycles. The van der Waals surface area contributed by atoms with Crippen LogP contribution in [0.15, 0.2) is 286 Å². The van der Waals surface area contributed by atoms with Gasteiger partial charge in [0.05, 0.1) is 33.3 Å². The molecule has 0 spiro atoms. The lowest BCUT2D eigenvalue weighted by molar-refractivity contribution is 0.824. The SMILES string of the molecule is c1ccc(N(c2ccccc2)c2ccc3c(c2)c2cnccc2n3-c2ccc(-c3cc(-c4ccc(-n5c6ccncc6c6cc(N(c7ccccc7)c7ccccc7)ccc65)cc4)cc(-n4nnc5ccccc54)c3)cc2)cc1. The smallest absolute Gasteiger partial charge is 0.113 e. The van der Waals surface area contributed by atoms with E-state index < -0.39 is 0 Å². The fourth-order valence-electron chi connectivity index (χ4n) is 11.5. The fraction of sp³-hybridized carbons (Fsp3) is 0. The Kier molecular flexibility index (Phi) is 11.0. The third-order valence-electron chi connectivity index (χ3n) is 15.1. The van der Waals surface area contributed by atoms with Gasteiger partial charge in [-0.2, -0.15) is 0 Å². The molecule has 0 saturated heterocycles. The van der Waals surface area contributed by atoms with E-state index >= 15 is 0 Å². The molecule has 0 atom stereocenters. The van der Waals surface area contributed by atoms with Crippen LogP contribution in [0.25, 0.3) is 94.0 Å². The molecule has 0 N–H and O–H groups in total. The molecule has 9 heteroatoms. The average molecular weight is 1010 g/mol. The van der Waals surface area contributed by atoms with Crippen molar-refractivity contribution in [3.8, 4) is 39.3 Å². The first-order valence-electron chi connectivity index (χ1n) is 26.4. The van der Waals surface area contributed by atoms with Crippen LogP contribution in [-0.4, -0.2) is 34.1 Å². The summed E-state index contributed by atoms with van der Waals surface area (Å²) in [5, 5.41) is 13.7. The largest absolute Gasteiger partial charge is 0.310 e. The third kappa shape index (κ3) is 7.95. The highest BCUT2D eigenvalue weighted by atomic mass is 15.4. The van der Waals surface area contributed by atoms with Crippen molar-refractivity contribution in [3.05, 3.63) is 286 Å². The van der Waals surface area contributed by atoms with E-state index in [4.69, 9.17) is 5.21 Å². The monoisotopic (exact) mass is 1010 g/mol. The number of nitrogens with zero attached hydrogens (tertiary/aromatic N) is 9. The molecule has 5 aromatic heterocycles. The van der Waals surface area contributed by atoms with Crippen molar-refractivity contribution >= 4 is 88.8 Å². The molecule has 9 nitrogen and oxygen atoms in total. The molecular weight excluding hydrogens is 967 g/mol. The summed E-state index contributed by atoms with van der Waals surface area (Å²) < 4.78 is 6.63. The second kappa shape index (κ2) is 19.0. The van der Waals surface area contributed by atoms with Gasteiger partial charge in [0.25, 0.3) is 0 Å². The van der Waals surface area contributed by atoms with Gasteiger partial charge in [0, 0.05) is 91.8 Å². The number of fused-ring (bicyclic) bond motifs is 7. The van der Waals surface area contributed by atoms with Gasteiger partial charge in [0.1, 0.15) is 5.52 Å². The van der Waals surface area contributed by atoms with Crippen LogP contribution in [0, 0.1) is 0 Å². The summed E-state index contributed by atoms with van der Waals surface area (Å²) in [5.74, 6) is 0. The summed E-state index contributed by atoms with van der Waals surface area (Å²) in [5.41, 5.74) is 20.0. The topological polar surface area (TPSA) is 72.8 Å². The molecular formula is C70H47N9. The number of hydrogen-bond acceptors (Lipinski definition) is 6. The average Bonchev–Trinajstić information content (AvgIpc) is 4.43. The Morgan fingerprint density at radius 3 is 1.13 bits per heavy atom. The third-order valence-corrected chi connectivity index (χ3v) is 15.1. The summed E-state index contributed by atoms with van der Waals surface area (Å²) in [6.45, 7) is 0. The van der Waals surface area contributed by atoms with Crippen LogP contribution >= 0.6 is 0 Å². The molecule has 0 aliphatic carbocycles. The number of benzene rings is 10. The van der Waals surface area contributed by atoms with Crippen LogP contribution in [-0.2, 0) is 0 Å². The molecule has 15 aromatic rings. The number of anilines is 6. The fourth-order valence-corrected chi connectivity index (χ4v) is 11.5. The molecule has 0 aliphatic rings. The maximum absolute atomic E-state index is 4.69. The molecule has 10 aromatic carbocycles. The normalized spacial score (nSPS) is 11.5. The van der Waals surface area contributed by atoms with Crippen LogP contribution in [0.5, 0.6) is 0 Å². The number of hydrogen-bond donors (Lipinski definition) is 0. The van der Waals surface area contributed by atoms with Gasteiger partial charge in [0.2, 0.25) is 0 Å². The van der Waals surface area contributed by atoms with E-state index in [9.17, 15) is 0 Å². The summed E-state index contributed by atoms with van der Waals surface area (Å²) in [6.07, 6.45) is 7.72. The van der Waals surface area contributed by atoms with E-state index in [0.29, 0.717) is 0 Å². The van der Waals surface area contributed by atoms with Gasteiger partial charge >= 0.3 is 0 Å². The van der Waals surface area contributed by atoms with Gasteiger partial charge in [-0.1, -0.05) is 114 Å². The van der Waals surface area contributed by atoms with E-state index in [-0.39, 0.29) is 0 Å². The number of rotatable bonds is 11. The highest BCUT2D eigenvalue weighted by Crippen LogP contribution is 2.42. The van der Waals surface area contributed by atoms with Crippen molar-refractivity contribution in [1.29, 1.82) is 0 Å². The molecule has 0 radical (unpaired) electrons. The first-order valence-corrected chi connectivity index (χ1v) is 26.4. The second-order valence-corrected chi connectivity index (χ2v) is 19.7. The van der Waals surface area contributed by atoms with Crippen molar-refractivity contribution in [2.45, 2.75) is 0 Å². The zero-order valence-electron chi connectivity index (χ0n) is 42.7. The van der Waals surface area contributed by atoms with E-state index in [0.717, 1.165) is 128 Å². The van der Waals surface area contributed by atoms with Crippen LogP contribution in [0.2, 0.25) is 0 Å². The van der Waals surface area contributed by atoms with Crippen molar-refractivity contribution < 1.29 is 0 Å². The quantitative estimate of drug-likeness (QED) is 0.129. The lowest BCUT2D eigenvalue weighted by atomic mass is 9.97. The molecule has 79 heavy (non-hydrogen) atoms. The molecule has 15 rings (SSSR count). The summed E-state index contributed by atoms with van der Waals surface area (Å²) in [4.78, 5) is 13.8. The molecule has 0 saturated carbocycles. The molecule has 5 heterocycles. The predicted octanol–water partition coefficient (Wildman–Crippen LogP) is 17.7. The summed E-state index contributed by atoms with van der Waals surface area (Å²) in [7, 11) is 0. The number of para-hydroxylation sites is 5. The van der Waals surface area contributed by atoms with E-state index in [1.807, 2.05) is 47.7 Å². The Balaban J connectivity index is 0.810. The maximum atomic E-state index is 4.69. The Morgan fingerprint density at radius 1 is 0.278 bits per heavy atom. The van der Waals surface area contributed by atoms with Gasteiger partial charge in [-0.25, -0.2) is 4.68 Å². The zero-order chi connectivity index (χ0) is 52.2. The number of pyridine rings is 2. The predicted molar refractivity (Wildman–Crippen MR) is 323 cm³/mol. The lowest BCUT2D eigenvalue weighted by Crippen LogP contribution is -2.09. The minimum atomic E-state index is 0.839. The Hall–Kier alpha value is -10.9. The Bertz CT molecular complexity index is 4360. The molecule has 0 unspecified atom stereocenters. The van der Waals surface area contributed by atoms with Crippen LogP contribution < -0.4 is 9.80 Å². The van der Waals surface area contributed by atoms with Crippen LogP contribution in [0.4, 0.5) is 34.1 Å². The van der Waals surface area contributed by atoms with E-state index in [1.54, 1.807) is 0 Å². The highest BCUT2D eigenvalue weighted by Gasteiger charge is 2.21. The maximum Gasteiger partial charge on any atom is 0.113 e. The Morgan fingerprint density at radius 2 is 0.684 bits per heavy atom. The standard InChI is InChI=1S/C70H47N9/c1-5-15-52(16-6-1)75(53-17-7-2-8-18-53)58-33-35-66-61(44-58)63-46-71-39-37-68(63)77(66)56-29-25-48(26-30-56)50-41-51(43-60(42-50)79-70-24-14-13-23-65(70)73-74-79)49-27-31-57(32-28-49)78-67-36-34-59(45-62(67)64-47-72-40-38-69(64)78)76(54-19-9-3-10-20-54)55-21-11-4-12-22-55/h1-47H. The first kappa shape index (κ1) is 45.5. The summed E-state index contributed by atoms with van der Waals surface area (Å²) in [6, 6.07) is 92.4. The first-order chi connectivity index (χ1) is 39.2. The van der Waals surface area contributed by atoms with Crippen LogP contribution in [0.1, 0.15) is 0 Å². The lowest BCUT2D eigenvalue weighted by Gasteiger charge is -2.25. The molecule has 0 fully saturated rings. The minimum Gasteiger partial charge on any atom is -0.310 e.